The molecule has 1 aromatic rings. The first-order valence-electron chi connectivity index (χ1n) is 10.3. The van der Waals surface area contributed by atoms with E-state index < -0.39 is 5.60 Å². The number of benzene rings is 1. The van der Waals surface area contributed by atoms with Crippen LogP contribution in [0.5, 0.6) is 0 Å². The average Bonchev–Trinajstić information content (AvgIpc) is 2.63. The van der Waals surface area contributed by atoms with Crippen molar-refractivity contribution in [2.24, 2.45) is 0 Å². The molecule has 1 heterocycles. The minimum Gasteiger partial charge on any atom is -0.444 e. The maximum Gasteiger partial charge on any atom is 0.410 e. The van der Waals surface area contributed by atoms with E-state index in [1.54, 1.807) is 5.57 Å². The van der Waals surface area contributed by atoms with Gasteiger partial charge in [0.05, 0.1) is 0 Å². The van der Waals surface area contributed by atoms with E-state index in [1.807, 2.05) is 25.7 Å². The molecule has 27 heavy (non-hydrogen) atoms. The van der Waals surface area contributed by atoms with E-state index >= 15 is 0 Å². The quantitative estimate of drug-likeness (QED) is 0.744. The van der Waals surface area contributed by atoms with Crippen LogP contribution in [0.25, 0.3) is 6.08 Å². The molecule has 0 atom stereocenters. The standard InChI is InChI=1S/C23H34N2O2/c1-18-7-5-6-8-20(18)17-19-9-11-21(12-10-19)24-13-15-25(16-14-24)22(26)27-23(2,3)4/h5-8,17,21H,9-16H2,1-4H3. The van der Waals surface area contributed by atoms with Crippen LogP contribution in [-0.4, -0.2) is 53.7 Å². The molecule has 2 aliphatic rings. The molecule has 1 saturated carbocycles. The maximum absolute atomic E-state index is 12.2. The number of nitrogens with zero attached hydrogens (tertiary/aromatic N) is 2. The van der Waals surface area contributed by atoms with Crippen molar-refractivity contribution >= 4 is 12.2 Å². The summed E-state index contributed by atoms with van der Waals surface area (Å²) in [4.78, 5) is 16.6. The van der Waals surface area contributed by atoms with Crippen molar-refractivity contribution in [2.45, 2.75) is 65.0 Å². The van der Waals surface area contributed by atoms with Gasteiger partial charge in [0.1, 0.15) is 5.60 Å². The van der Waals surface area contributed by atoms with Crippen molar-refractivity contribution in [1.29, 1.82) is 0 Å². The summed E-state index contributed by atoms with van der Waals surface area (Å²) in [5, 5.41) is 0. The fraction of sp³-hybridized carbons (Fsp3) is 0.609. The lowest BCUT2D eigenvalue weighted by Gasteiger charge is -2.41. The number of hydrogen-bond donors (Lipinski definition) is 0. The molecule has 0 radical (unpaired) electrons. The van der Waals surface area contributed by atoms with Gasteiger partial charge in [0.15, 0.2) is 0 Å². The fourth-order valence-corrected chi connectivity index (χ4v) is 4.05. The highest BCUT2D eigenvalue weighted by Gasteiger charge is 2.30. The van der Waals surface area contributed by atoms with Gasteiger partial charge in [-0.2, -0.15) is 0 Å². The summed E-state index contributed by atoms with van der Waals surface area (Å²) >= 11 is 0. The Kier molecular flexibility index (Phi) is 6.25. The Morgan fingerprint density at radius 1 is 1.07 bits per heavy atom. The van der Waals surface area contributed by atoms with Crippen LogP contribution >= 0.6 is 0 Å². The van der Waals surface area contributed by atoms with Gasteiger partial charge in [-0.25, -0.2) is 4.79 Å². The van der Waals surface area contributed by atoms with Crippen molar-refractivity contribution in [1.82, 2.24) is 9.80 Å². The number of rotatable bonds is 2. The average molecular weight is 371 g/mol. The van der Waals surface area contributed by atoms with Crippen molar-refractivity contribution in [3.8, 4) is 0 Å². The molecular formula is C23H34N2O2. The van der Waals surface area contributed by atoms with Gasteiger partial charge < -0.3 is 9.64 Å². The van der Waals surface area contributed by atoms with Gasteiger partial charge >= 0.3 is 6.09 Å². The number of piperazine rings is 1. The zero-order chi connectivity index (χ0) is 19.4. The van der Waals surface area contributed by atoms with Crippen molar-refractivity contribution in [3.05, 3.63) is 41.0 Å². The molecule has 1 saturated heterocycles. The monoisotopic (exact) mass is 370 g/mol. The zero-order valence-electron chi connectivity index (χ0n) is 17.3. The lowest BCUT2D eigenvalue weighted by Crippen LogP contribution is -2.53. The second-order valence-electron chi connectivity index (χ2n) is 8.89. The number of hydrogen-bond acceptors (Lipinski definition) is 3. The minimum atomic E-state index is -0.419. The number of ether oxygens (including phenoxy) is 1. The smallest absolute Gasteiger partial charge is 0.410 e. The Labute approximate surface area is 164 Å². The Balaban J connectivity index is 1.47. The van der Waals surface area contributed by atoms with Gasteiger partial charge in [0.2, 0.25) is 0 Å². The molecule has 1 aromatic carbocycles. The number of aryl methyl sites for hydroxylation is 1. The molecular weight excluding hydrogens is 336 g/mol. The van der Waals surface area contributed by atoms with Crippen LogP contribution in [0.15, 0.2) is 29.8 Å². The van der Waals surface area contributed by atoms with Crippen molar-refractivity contribution in [2.75, 3.05) is 26.2 Å². The normalized spacial score (nSPS) is 21.9. The molecule has 2 fully saturated rings. The highest BCUT2D eigenvalue weighted by Crippen LogP contribution is 2.29. The van der Waals surface area contributed by atoms with E-state index in [4.69, 9.17) is 4.74 Å². The van der Waals surface area contributed by atoms with Crippen LogP contribution in [0.2, 0.25) is 0 Å². The van der Waals surface area contributed by atoms with Gasteiger partial charge in [-0.1, -0.05) is 35.9 Å². The first-order valence-corrected chi connectivity index (χ1v) is 10.3. The Morgan fingerprint density at radius 2 is 1.70 bits per heavy atom. The number of allylic oxidation sites excluding steroid dienone is 1. The Bertz CT molecular complexity index is 672. The molecule has 0 aromatic heterocycles. The predicted octanol–water partition coefficient (Wildman–Crippen LogP) is 4.87. The Hall–Kier alpha value is -1.81. The van der Waals surface area contributed by atoms with Crippen LogP contribution in [0.1, 0.15) is 57.6 Å². The second-order valence-corrected chi connectivity index (χ2v) is 8.89. The molecule has 0 spiro atoms. The van der Waals surface area contributed by atoms with E-state index in [0.29, 0.717) is 6.04 Å². The molecule has 1 amide bonds. The summed E-state index contributed by atoms with van der Waals surface area (Å²) in [5.74, 6) is 0. The number of carbonyl (C=O) groups excluding carboxylic acids is 1. The molecule has 148 valence electrons. The first-order chi connectivity index (χ1) is 12.8. The van der Waals surface area contributed by atoms with E-state index in [-0.39, 0.29) is 6.09 Å². The third-order valence-electron chi connectivity index (χ3n) is 5.63. The largest absolute Gasteiger partial charge is 0.444 e. The van der Waals surface area contributed by atoms with Gasteiger partial charge in [-0.3, -0.25) is 4.90 Å². The number of carbonyl (C=O) groups is 1. The molecule has 0 unspecified atom stereocenters. The molecule has 4 nitrogen and oxygen atoms in total. The van der Waals surface area contributed by atoms with Crippen LogP contribution in [-0.2, 0) is 4.74 Å². The van der Waals surface area contributed by atoms with E-state index in [9.17, 15) is 4.79 Å². The van der Waals surface area contributed by atoms with Crippen LogP contribution < -0.4 is 0 Å². The van der Waals surface area contributed by atoms with Gasteiger partial charge in [0, 0.05) is 32.2 Å². The lowest BCUT2D eigenvalue weighted by atomic mass is 9.88. The van der Waals surface area contributed by atoms with Crippen LogP contribution in [0, 0.1) is 6.92 Å². The summed E-state index contributed by atoms with van der Waals surface area (Å²) in [5.41, 5.74) is 3.87. The molecule has 4 heteroatoms. The summed E-state index contributed by atoms with van der Waals surface area (Å²) < 4.78 is 5.50. The molecule has 1 aliphatic carbocycles. The van der Waals surface area contributed by atoms with E-state index in [2.05, 4.69) is 42.2 Å². The second kappa shape index (κ2) is 8.47. The predicted molar refractivity (Wildman–Crippen MR) is 111 cm³/mol. The van der Waals surface area contributed by atoms with E-state index in [1.165, 1.54) is 36.8 Å². The summed E-state index contributed by atoms with van der Waals surface area (Å²) in [6.07, 6.45) is 7.05. The summed E-state index contributed by atoms with van der Waals surface area (Å²) in [6.45, 7) is 11.4. The lowest BCUT2D eigenvalue weighted by molar-refractivity contribution is 0.00890. The van der Waals surface area contributed by atoms with Crippen molar-refractivity contribution in [3.63, 3.8) is 0 Å². The highest BCUT2D eigenvalue weighted by molar-refractivity contribution is 5.68. The van der Waals surface area contributed by atoms with Gasteiger partial charge in [-0.05, 0) is 64.5 Å². The molecule has 1 aliphatic heterocycles. The first kappa shape index (κ1) is 19.9. The molecule has 0 bridgehead atoms. The van der Waals surface area contributed by atoms with E-state index in [0.717, 1.165) is 26.2 Å². The topological polar surface area (TPSA) is 32.8 Å². The Morgan fingerprint density at radius 3 is 2.30 bits per heavy atom. The number of amides is 1. The fourth-order valence-electron chi connectivity index (χ4n) is 4.05. The third-order valence-corrected chi connectivity index (χ3v) is 5.63. The van der Waals surface area contributed by atoms with Crippen LogP contribution in [0.3, 0.4) is 0 Å². The van der Waals surface area contributed by atoms with Crippen LogP contribution in [0.4, 0.5) is 4.79 Å². The summed E-state index contributed by atoms with van der Waals surface area (Å²) in [7, 11) is 0. The minimum absolute atomic E-state index is 0.172. The maximum atomic E-state index is 12.2. The van der Waals surface area contributed by atoms with Crippen molar-refractivity contribution < 1.29 is 9.53 Å². The SMILES string of the molecule is Cc1ccccc1C=C1CCC(N2CCN(C(=O)OC(C)(C)C)CC2)CC1. The third kappa shape index (κ3) is 5.58. The highest BCUT2D eigenvalue weighted by atomic mass is 16.6. The summed E-state index contributed by atoms with van der Waals surface area (Å²) in [6, 6.07) is 9.27. The van der Waals surface area contributed by atoms with Gasteiger partial charge in [-0.15, -0.1) is 0 Å². The molecule has 0 N–H and O–H groups in total. The molecule has 3 rings (SSSR count). The van der Waals surface area contributed by atoms with Gasteiger partial charge in [0.25, 0.3) is 0 Å². The zero-order valence-corrected chi connectivity index (χ0v) is 17.3.